The zero-order valence-electron chi connectivity index (χ0n) is 19.5. The first-order valence-electron chi connectivity index (χ1n) is 11.6. The van der Waals surface area contributed by atoms with Gasteiger partial charge in [-0.2, -0.15) is 0 Å². The Balaban J connectivity index is 1.37. The van der Waals surface area contributed by atoms with Gasteiger partial charge in [0.1, 0.15) is 24.6 Å². The number of hydrogen-bond donors (Lipinski definition) is 1. The maximum absolute atomic E-state index is 13.7. The summed E-state index contributed by atoms with van der Waals surface area (Å²) in [6.07, 6.45) is 5.56. The van der Waals surface area contributed by atoms with Crippen LogP contribution in [0.4, 0.5) is 16.0 Å². The molecule has 0 unspecified atom stereocenters. The molecular weight excluding hydrogens is 457 g/mol. The lowest BCUT2D eigenvalue weighted by atomic mass is 9.95. The molecule has 1 saturated heterocycles. The molecule has 1 fully saturated rings. The molecule has 5 rings (SSSR count). The van der Waals surface area contributed by atoms with Crippen LogP contribution in [0.25, 0.3) is 11.3 Å². The van der Waals surface area contributed by atoms with Crippen molar-refractivity contribution in [3.63, 3.8) is 0 Å². The molecule has 34 heavy (non-hydrogen) atoms. The monoisotopic (exact) mass is 485 g/mol. The Labute approximate surface area is 203 Å². The van der Waals surface area contributed by atoms with Crippen molar-refractivity contribution in [3.8, 4) is 17.0 Å². The highest BCUT2D eigenvalue weighted by Crippen LogP contribution is 2.38. The number of fused-ring (bicyclic) bond motifs is 1. The van der Waals surface area contributed by atoms with E-state index in [-0.39, 0.29) is 5.02 Å². The van der Waals surface area contributed by atoms with Crippen LogP contribution in [0.1, 0.15) is 24.6 Å². The Hall–Kier alpha value is -2.91. The number of likely N-dealkylation sites (N-methyl/N-ethyl adjacent to an activating group) is 1. The number of halogens is 2. The summed E-state index contributed by atoms with van der Waals surface area (Å²) in [7, 11) is 4.13. The summed E-state index contributed by atoms with van der Waals surface area (Å²) < 4.78 is 21.8. The number of anilines is 2. The molecule has 2 aromatic heterocycles. The molecule has 0 aliphatic carbocycles. The highest BCUT2D eigenvalue weighted by molar-refractivity contribution is 6.31. The minimum atomic E-state index is -0.420. The quantitative estimate of drug-likeness (QED) is 0.568. The summed E-state index contributed by atoms with van der Waals surface area (Å²) in [6, 6.07) is 4.78. The first-order chi connectivity index (χ1) is 16.5. The van der Waals surface area contributed by atoms with E-state index < -0.39 is 5.82 Å². The number of nitrogens with zero attached hydrogens (tertiary/aromatic N) is 6. The number of ether oxygens (including phenoxy) is 1. The highest BCUT2D eigenvalue weighted by Gasteiger charge is 2.29. The van der Waals surface area contributed by atoms with Gasteiger partial charge in [0, 0.05) is 43.9 Å². The zero-order valence-corrected chi connectivity index (χ0v) is 20.2. The van der Waals surface area contributed by atoms with Gasteiger partial charge < -0.3 is 24.4 Å². The third kappa shape index (κ3) is 4.67. The molecule has 0 radical (unpaired) electrons. The second-order valence-electron chi connectivity index (χ2n) is 9.02. The van der Waals surface area contributed by atoms with Gasteiger partial charge in [0.2, 0.25) is 5.75 Å². The van der Waals surface area contributed by atoms with Crippen molar-refractivity contribution in [1.82, 2.24) is 24.4 Å². The molecule has 2 aliphatic rings. The molecule has 0 amide bonds. The number of piperidine rings is 1. The summed E-state index contributed by atoms with van der Waals surface area (Å²) in [5.74, 6) is 3.33. The van der Waals surface area contributed by atoms with E-state index in [1.165, 1.54) is 6.07 Å². The van der Waals surface area contributed by atoms with Gasteiger partial charge in [-0.25, -0.2) is 19.3 Å². The van der Waals surface area contributed by atoms with E-state index >= 15 is 0 Å². The lowest BCUT2D eigenvalue weighted by molar-refractivity contribution is 0.318. The third-order valence-corrected chi connectivity index (χ3v) is 6.69. The maximum Gasteiger partial charge on any atom is 0.204 e. The lowest BCUT2D eigenvalue weighted by Crippen LogP contribution is -2.35. The second-order valence-corrected chi connectivity index (χ2v) is 9.43. The molecule has 8 nitrogen and oxygen atoms in total. The standard InChI is InChI=1S/C24H29ClFN7O/c1-31(2)10-11-33-14-20(17-3-4-19(26)18(25)13-17)30-23(33)16-5-8-32(9-6-16)24-21-22(28-15-29-24)27-7-12-34-21/h3-4,13-16H,5-12H2,1-2H3,(H,27,28,29). The summed E-state index contributed by atoms with van der Waals surface area (Å²) in [6.45, 7) is 4.82. The minimum Gasteiger partial charge on any atom is -0.485 e. The van der Waals surface area contributed by atoms with Gasteiger partial charge in [-0.3, -0.25) is 0 Å². The number of rotatable bonds is 6. The summed E-state index contributed by atoms with van der Waals surface area (Å²) >= 11 is 6.04. The first-order valence-corrected chi connectivity index (χ1v) is 12.0. The van der Waals surface area contributed by atoms with Gasteiger partial charge in [-0.1, -0.05) is 11.6 Å². The summed E-state index contributed by atoms with van der Waals surface area (Å²) in [4.78, 5) is 18.3. The van der Waals surface area contributed by atoms with E-state index in [2.05, 4.69) is 49.9 Å². The Morgan fingerprint density at radius 2 is 2.06 bits per heavy atom. The van der Waals surface area contributed by atoms with Crippen LogP contribution in [0.15, 0.2) is 30.7 Å². The molecule has 1 N–H and O–H groups in total. The largest absolute Gasteiger partial charge is 0.485 e. The van der Waals surface area contributed by atoms with Crippen molar-refractivity contribution < 1.29 is 9.13 Å². The fourth-order valence-electron chi connectivity index (χ4n) is 4.56. The van der Waals surface area contributed by atoms with Gasteiger partial charge >= 0.3 is 0 Å². The Kier molecular flexibility index (Phi) is 6.56. The number of nitrogens with one attached hydrogen (secondary N) is 1. The van der Waals surface area contributed by atoms with Crippen molar-refractivity contribution in [1.29, 1.82) is 0 Å². The number of hydrogen-bond acceptors (Lipinski definition) is 7. The van der Waals surface area contributed by atoms with E-state index in [4.69, 9.17) is 21.3 Å². The van der Waals surface area contributed by atoms with Crippen molar-refractivity contribution in [2.75, 3.05) is 57.1 Å². The van der Waals surface area contributed by atoms with Gasteiger partial charge in [0.05, 0.1) is 17.3 Å². The number of aromatic nitrogens is 4. The minimum absolute atomic E-state index is 0.111. The SMILES string of the molecule is CN(C)CCn1cc(-c2ccc(F)c(Cl)c2)nc1C1CCN(c2ncnc3c2OCCN3)CC1. The van der Waals surface area contributed by atoms with Crippen LogP contribution in [-0.2, 0) is 6.54 Å². The van der Waals surface area contributed by atoms with Gasteiger partial charge in [-0.05, 0) is 45.1 Å². The molecule has 0 bridgehead atoms. The van der Waals surface area contributed by atoms with E-state index in [0.717, 1.165) is 80.0 Å². The Bertz CT molecular complexity index is 1160. The maximum atomic E-state index is 13.7. The molecular formula is C24H29ClFN7O. The van der Waals surface area contributed by atoms with Crippen LogP contribution >= 0.6 is 11.6 Å². The topological polar surface area (TPSA) is 71.3 Å². The molecule has 10 heteroatoms. The highest BCUT2D eigenvalue weighted by atomic mass is 35.5. The van der Waals surface area contributed by atoms with Gasteiger partial charge in [0.15, 0.2) is 11.6 Å². The van der Waals surface area contributed by atoms with E-state index in [9.17, 15) is 4.39 Å². The van der Waals surface area contributed by atoms with Gasteiger partial charge in [0.25, 0.3) is 0 Å². The second kappa shape index (κ2) is 9.76. The van der Waals surface area contributed by atoms with Crippen molar-refractivity contribution >= 4 is 23.2 Å². The summed E-state index contributed by atoms with van der Waals surface area (Å²) in [5.41, 5.74) is 1.65. The number of benzene rings is 1. The molecule has 180 valence electrons. The first kappa shape index (κ1) is 22.9. The van der Waals surface area contributed by atoms with Crippen LogP contribution in [-0.4, -0.2) is 71.3 Å². The van der Waals surface area contributed by atoms with Crippen LogP contribution in [0, 0.1) is 5.82 Å². The molecule has 3 aromatic rings. The molecule has 4 heterocycles. The number of imidazole rings is 1. The average molecular weight is 486 g/mol. The van der Waals surface area contributed by atoms with Crippen molar-refractivity contribution in [2.45, 2.75) is 25.3 Å². The van der Waals surface area contributed by atoms with Crippen LogP contribution in [0.3, 0.4) is 0 Å². The van der Waals surface area contributed by atoms with Crippen LogP contribution < -0.4 is 15.0 Å². The normalized spacial score (nSPS) is 16.3. The Morgan fingerprint density at radius 1 is 1.24 bits per heavy atom. The molecule has 0 saturated carbocycles. The van der Waals surface area contributed by atoms with Crippen LogP contribution in [0.2, 0.25) is 5.02 Å². The van der Waals surface area contributed by atoms with Crippen molar-refractivity contribution in [3.05, 3.63) is 47.4 Å². The predicted octanol–water partition coefficient (Wildman–Crippen LogP) is 3.88. The third-order valence-electron chi connectivity index (χ3n) is 6.40. The van der Waals surface area contributed by atoms with E-state index in [1.807, 2.05) is 0 Å². The van der Waals surface area contributed by atoms with E-state index in [0.29, 0.717) is 12.5 Å². The average Bonchev–Trinajstić information content (AvgIpc) is 3.28. The van der Waals surface area contributed by atoms with E-state index in [1.54, 1.807) is 18.5 Å². The molecule has 0 atom stereocenters. The fraction of sp³-hybridized carbons (Fsp3) is 0.458. The van der Waals surface area contributed by atoms with Gasteiger partial charge in [-0.15, -0.1) is 0 Å². The smallest absolute Gasteiger partial charge is 0.204 e. The molecule has 2 aliphatic heterocycles. The predicted molar refractivity (Wildman–Crippen MR) is 131 cm³/mol. The molecule has 1 aromatic carbocycles. The Morgan fingerprint density at radius 3 is 2.82 bits per heavy atom. The lowest BCUT2D eigenvalue weighted by Gasteiger charge is -2.34. The van der Waals surface area contributed by atoms with Crippen molar-refractivity contribution in [2.24, 2.45) is 0 Å². The summed E-state index contributed by atoms with van der Waals surface area (Å²) in [5, 5.41) is 3.39. The molecule has 0 spiro atoms. The zero-order chi connectivity index (χ0) is 23.7. The fourth-order valence-corrected chi connectivity index (χ4v) is 4.74. The van der Waals surface area contributed by atoms with Crippen LogP contribution in [0.5, 0.6) is 5.75 Å².